The zero-order valence-electron chi connectivity index (χ0n) is 19.2. The van der Waals surface area contributed by atoms with Crippen molar-refractivity contribution in [1.82, 2.24) is 14.5 Å². The number of aryl methyl sites for hydroxylation is 1. The van der Waals surface area contributed by atoms with Crippen molar-refractivity contribution in [2.24, 2.45) is 13.0 Å². The highest BCUT2D eigenvalue weighted by molar-refractivity contribution is 6.08. The molecule has 3 heterocycles. The van der Waals surface area contributed by atoms with Crippen molar-refractivity contribution < 1.29 is 9.47 Å². The molecule has 0 radical (unpaired) electrons. The Morgan fingerprint density at radius 3 is 2.56 bits per heavy atom. The van der Waals surface area contributed by atoms with E-state index in [1.807, 2.05) is 42.9 Å². The number of rotatable bonds is 7. The summed E-state index contributed by atoms with van der Waals surface area (Å²) in [5.74, 6) is 1.25. The first-order chi connectivity index (χ1) is 16.7. The molecule has 3 aromatic heterocycles. The van der Waals surface area contributed by atoms with E-state index in [1.54, 1.807) is 0 Å². The van der Waals surface area contributed by atoms with Crippen LogP contribution < -0.4 is 4.74 Å². The van der Waals surface area contributed by atoms with Gasteiger partial charge in [-0.3, -0.25) is 4.98 Å². The summed E-state index contributed by atoms with van der Waals surface area (Å²) in [4.78, 5) is 8.87. The number of ether oxygens (including phenoxy) is 2. The minimum absolute atomic E-state index is 0.226. The Morgan fingerprint density at radius 2 is 1.74 bits per heavy atom. The lowest BCUT2D eigenvalue weighted by Gasteiger charge is -2.34. The molecule has 1 saturated carbocycles. The Kier molecular flexibility index (Phi) is 5.47. The van der Waals surface area contributed by atoms with Crippen LogP contribution in [0.5, 0.6) is 5.88 Å². The molecule has 0 saturated heterocycles. The highest BCUT2D eigenvalue weighted by atomic mass is 16.5. The van der Waals surface area contributed by atoms with Crippen molar-refractivity contribution in [2.45, 2.75) is 25.6 Å². The second-order valence-electron chi connectivity index (χ2n) is 9.15. The highest BCUT2D eigenvalue weighted by Gasteiger charge is 2.31. The lowest BCUT2D eigenvalue weighted by molar-refractivity contribution is -0.00422. The average Bonchev–Trinajstić information content (AvgIpc) is 3.15. The predicted molar refractivity (Wildman–Crippen MR) is 135 cm³/mol. The van der Waals surface area contributed by atoms with Crippen molar-refractivity contribution in [3.63, 3.8) is 0 Å². The smallest absolute Gasteiger partial charge is 0.213 e. The summed E-state index contributed by atoms with van der Waals surface area (Å²) in [5, 5.41) is 2.40. The first-order valence-electron chi connectivity index (χ1n) is 11.8. The third-order valence-corrected chi connectivity index (χ3v) is 6.82. The third kappa shape index (κ3) is 4.03. The van der Waals surface area contributed by atoms with E-state index in [-0.39, 0.29) is 6.10 Å². The fourth-order valence-corrected chi connectivity index (χ4v) is 4.85. The van der Waals surface area contributed by atoms with E-state index in [4.69, 9.17) is 9.47 Å². The van der Waals surface area contributed by atoms with E-state index in [2.05, 4.69) is 64.0 Å². The van der Waals surface area contributed by atoms with Crippen LogP contribution in [0, 0.1) is 5.92 Å². The highest BCUT2D eigenvalue weighted by Crippen LogP contribution is 2.33. The fraction of sp³-hybridized carbons (Fsp3) is 0.241. The van der Waals surface area contributed by atoms with Gasteiger partial charge in [-0.25, -0.2) is 4.98 Å². The maximum atomic E-state index is 6.09. The Balaban J connectivity index is 1.06. The first kappa shape index (κ1) is 20.9. The van der Waals surface area contributed by atoms with E-state index < -0.39 is 0 Å². The van der Waals surface area contributed by atoms with E-state index in [0.717, 1.165) is 30.6 Å². The van der Waals surface area contributed by atoms with Gasteiger partial charge in [-0.15, -0.1) is 0 Å². The van der Waals surface area contributed by atoms with E-state index in [0.29, 0.717) is 18.4 Å². The molecule has 0 N–H and O–H groups in total. The maximum absolute atomic E-state index is 6.09. The number of nitrogens with zero attached hydrogens (tertiary/aromatic N) is 3. The molecule has 6 rings (SSSR count). The summed E-state index contributed by atoms with van der Waals surface area (Å²) in [6.45, 7) is 1.46. The summed E-state index contributed by atoms with van der Waals surface area (Å²) in [6, 6.07) is 23.0. The lowest BCUT2D eigenvalue weighted by atomic mass is 9.83. The number of aromatic nitrogens is 3. The quantitative estimate of drug-likeness (QED) is 0.298. The first-order valence-corrected chi connectivity index (χ1v) is 11.8. The van der Waals surface area contributed by atoms with Gasteiger partial charge in [0.15, 0.2) is 0 Å². The molecule has 0 bridgehead atoms. The molecule has 5 aromatic rings. The molecule has 0 unspecified atom stereocenters. The van der Waals surface area contributed by atoms with E-state index in [9.17, 15) is 0 Å². The minimum Gasteiger partial charge on any atom is -0.474 e. The Hall–Kier alpha value is -3.70. The van der Waals surface area contributed by atoms with Crippen LogP contribution >= 0.6 is 0 Å². The van der Waals surface area contributed by atoms with Crippen LogP contribution in [-0.4, -0.2) is 27.2 Å². The second-order valence-corrected chi connectivity index (χ2v) is 9.15. The van der Waals surface area contributed by atoms with Gasteiger partial charge in [0.25, 0.3) is 0 Å². The average molecular weight is 450 g/mol. The lowest BCUT2D eigenvalue weighted by Crippen LogP contribution is -2.36. The van der Waals surface area contributed by atoms with Crippen molar-refractivity contribution in [3.05, 3.63) is 90.9 Å². The topological polar surface area (TPSA) is 49.2 Å². The van der Waals surface area contributed by atoms with E-state index in [1.165, 1.54) is 27.4 Å². The number of pyridine rings is 2. The van der Waals surface area contributed by atoms with E-state index >= 15 is 0 Å². The SMILES string of the molecule is Cn1c2ccncc2c2ccc(-c3ccc(O[C@H]4C[C@H](COCc5ccccc5)C4)nc3)cc21. The van der Waals surface area contributed by atoms with Gasteiger partial charge >= 0.3 is 0 Å². The third-order valence-electron chi connectivity index (χ3n) is 6.82. The number of benzene rings is 2. The number of hydrogen-bond acceptors (Lipinski definition) is 4. The van der Waals surface area contributed by atoms with Gasteiger partial charge in [0, 0.05) is 53.6 Å². The molecule has 5 nitrogen and oxygen atoms in total. The fourth-order valence-electron chi connectivity index (χ4n) is 4.85. The van der Waals surface area contributed by atoms with Gasteiger partial charge in [0.2, 0.25) is 5.88 Å². The van der Waals surface area contributed by atoms with Crippen LogP contribution in [0.3, 0.4) is 0 Å². The molecule has 0 amide bonds. The normalized spacial score (nSPS) is 17.7. The molecule has 0 spiro atoms. The van der Waals surface area contributed by atoms with Crippen LogP contribution in [0.25, 0.3) is 32.9 Å². The van der Waals surface area contributed by atoms with Gasteiger partial charge in [0.05, 0.1) is 18.7 Å². The molecule has 0 atom stereocenters. The summed E-state index contributed by atoms with van der Waals surface area (Å²) >= 11 is 0. The van der Waals surface area contributed by atoms with Crippen molar-refractivity contribution in [2.75, 3.05) is 6.61 Å². The monoisotopic (exact) mass is 449 g/mol. The number of hydrogen-bond donors (Lipinski definition) is 0. The summed E-state index contributed by atoms with van der Waals surface area (Å²) in [7, 11) is 2.10. The summed E-state index contributed by atoms with van der Waals surface area (Å²) in [5.41, 5.74) is 5.82. The van der Waals surface area contributed by atoms with Crippen LogP contribution in [0.1, 0.15) is 18.4 Å². The van der Waals surface area contributed by atoms with Gasteiger partial charge < -0.3 is 14.0 Å². The van der Waals surface area contributed by atoms with Crippen LogP contribution in [0.4, 0.5) is 0 Å². The second kappa shape index (κ2) is 8.92. The van der Waals surface area contributed by atoms with Crippen molar-refractivity contribution in [3.8, 4) is 17.0 Å². The molecule has 0 aliphatic heterocycles. The van der Waals surface area contributed by atoms with Gasteiger partial charge in [-0.2, -0.15) is 0 Å². The molecule has 5 heteroatoms. The van der Waals surface area contributed by atoms with Crippen LogP contribution in [0.15, 0.2) is 85.3 Å². The Labute approximate surface area is 199 Å². The molecule has 170 valence electrons. The molecule has 34 heavy (non-hydrogen) atoms. The van der Waals surface area contributed by atoms with Crippen molar-refractivity contribution >= 4 is 21.8 Å². The zero-order valence-corrected chi connectivity index (χ0v) is 19.2. The minimum atomic E-state index is 0.226. The van der Waals surface area contributed by atoms with Gasteiger partial charge in [-0.05, 0) is 48.1 Å². The maximum Gasteiger partial charge on any atom is 0.213 e. The Bertz CT molecular complexity index is 1420. The molecule has 2 aromatic carbocycles. The predicted octanol–water partition coefficient (Wildman–Crippen LogP) is 6.16. The van der Waals surface area contributed by atoms with Crippen LogP contribution in [-0.2, 0) is 18.4 Å². The standard InChI is InChI=1S/C29H27N3O2/c1-32-27-11-12-30-17-26(27)25-9-7-22(15-28(25)32)23-8-10-29(31-16-23)34-24-13-21(14-24)19-33-18-20-5-3-2-4-6-20/h2-12,15-17,21,24H,13-14,18-19H2,1H3/t21-,24-. The number of fused-ring (bicyclic) bond motifs is 3. The largest absolute Gasteiger partial charge is 0.474 e. The molecule has 1 fully saturated rings. The Morgan fingerprint density at radius 1 is 0.882 bits per heavy atom. The van der Waals surface area contributed by atoms with Gasteiger partial charge in [-0.1, -0.05) is 42.5 Å². The summed E-state index contributed by atoms with van der Waals surface area (Å²) in [6.07, 6.45) is 7.94. The molecule has 1 aliphatic carbocycles. The molecule has 1 aliphatic rings. The zero-order chi connectivity index (χ0) is 22.9. The van der Waals surface area contributed by atoms with Crippen molar-refractivity contribution in [1.29, 1.82) is 0 Å². The van der Waals surface area contributed by atoms with Gasteiger partial charge in [0.1, 0.15) is 6.10 Å². The summed E-state index contributed by atoms with van der Waals surface area (Å²) < 4.78 is 14.2. The van der Waals surface area contributed by atoms with Crippen LogP contribution in [0.2, 0.25) is 0 Å². The molecular weight excluding hydrogens is 422 g/mol. The molecular formula is C29H27N3O2.